The summed E-state index contributed by atoms with van der Waals surface area (Å²) in [6.45, 7) is 6.53. The van der Waals surface area contributed by atoms with Gasteiger partial charge in [-0.3, -0.25) is 9.69 Å². The summed E-state index contributed by atoms with van der Waals surface area (Å²) in [7, 11) is 0. The van der Waals surface area contributed by atoms with Crippen molar-refractivity contribution >= 4 is 17.4 Å². The van der Waals surface area contributed by atoms with Gasteiger partial charge in [0.15, 0.2) is 5.65 Å². The van der Waals surface area contributed by atoms with Crippen molar-refractivity contribution in [3.8, 4) is 0 Å². The minimum Gasteiger partial charge on any atom is -0.355 e. The van der Waals surface area contributed by atoms with Gasteiger partial charge in [0.1, 0.15) is 5.82 Å². The Morgan fingerprint density at radius 2 is 1.87 bits per heavy atom. The van der Waals surface area contributed by atoms with Crippen molar-refractivity contribution in [3.05, 3.63) is 18.0 Å². The van der Waals surface area contributed by atoms with Gasteiger partial charge in [0.25, 0.3) is 5.82 Å². The molecule has 2 saturated heterocycles. The fourth-order valence-corrected chi connectivity index (χ4v) is 3.91. The van der Waals surface area contributed by atoms with Crippen molar-refractivity contribution in [3.63, 3.8) is 0 Å². The number of carbonyl (C=O) groups is 1. The van der Waals surface area contributed by atoms with E-state index in [4.69, 9.17) is 0 Å². The van der Waals surface area contributed by atoms with Crippen LogP contribution in [0.15, 0.2) is 12.1 Å². The van der Waals surface area contributed by atoms with Gasteiger partial charge in [-0.25, -0.2) is 0 Å². The number of rotatable bonds is 5. The van der Waals surface area contributed by atoms with E-state index in [1.807, 2.05) is 4.90 Å². The number of alkyl halides is 3. The van der Waals surface area contributed by atoms with E-state index >= 15 is 0 Å². The Morgan fingerprint density at radius 3 is 2.57 bits per heavy atom. The standard InChI is InChI=1S/C18H25F3N8O/c19-18(20,21)17-25-24-14-1-2-15(26-29(14)17)28-8-3-13(4-9-28)16(30)23-7-12-27-10-5-22-6-11-27/h1-2,13,22H,3-12H2,(H,23,30). The first-order valence-electron chi connectivity index (χ1n) is 10.2. The van der Waals surface area contributed by atoms with Crippen LogP contribution in [-0.4, -0.2) is 83.0 Å². The number of amides is 1. The number of fused-ring (bicyclic) bond motifs is 1. The first kappa shape index (κ1) is 20.8. The van der Waals surface area contributed by atoms with Crippen LogP contribution in [0.5, 0.6) is 0 Å². The predicted octanol–water partition coefficient (Wildman–Crippen LogP) is 0.381. The number of anilines is 1. The second-order valence-electron chi connectivity index (χ2n) is 7.63. The van der Waals surface area contributed by atoms with Crippen molar-refractivity contribution in [1.82, 2.24) is 35.3 Å². The van der Waals surface area contributed by atoms with E-state index in [1.54, 1.807) is 6.07 Å². The molecular weight excluding hydrogens is 401 g/mol. The quantitative estimate of drug-likeness (QED) is 0.715. The van der Waals surface area contributed by atoms with E-state index in [9.17, 15) is 18.0 Å². The number of piperidine rings is 1. The van der Waals surface area contributed by atoms with Crippen LogP contribution < -0.4 is 15.5 Å². The van der Waals surface area contributed by atoms with Gasteiger partial charge in [0, 0.05) is 58.3 Å². The Morgan fingerprint density at radius 1 is 1.13 bits per heavy atom. The normalized spacial score (nSPS) is 19.4. The maximum Gasteiger partial charge on any atom is 0.453 e. The summed E-state index contributed by atoms with van der Waals surface area (Å²) < 4.78 is 39.9. The Hall–Kier alpha value is -2.47. The van der Waals surface area contributed by atoms with Gasteiger partial charge in [-0.15, -0.1) is 15.3 Å². The third-order valence-electron chi connectivity index (χ3n) is 5.63. The van der Waals surface area contributed by atoms with Gasteiger partial charge in [-0.05, 0) is 25.0 Å². The highest BCUT2D eigenvalue weighted by Crippen LogP contribution is 2.28. The molecule has 12 heteroatoms. The largest absolute Gasteiger partial charge is 0.453 e. The Kier molecular flexibility index (Phi) is 6.04. The van der Waals surface area contributed by atoms with E-state index in [0.29, 0.717) is 38.3 Å². The lowest BCUT2D eigenvalue weighted by Crippen LogP contribution is -2.47. The summed E-state index contributed by atoms with van der Waals surface area (Å²) in [6, 6.07) is 3.11. The molecule has 0 aliphatic carbocycles. The number of aromatic nitrogens is 4. The molecule has 9 nitrogen and oxygen atoms in total. The molecule has 30 heavy (non-hydrogen) atoms. The molecule has 0 bridgehead atoms. The average Bonchev–Trinajstić information content (AvgIpc) is 3.18. The summed E-state index contributed by atoms with van der Waals surface area (Å²) in [5.41, 5.74) is 0.0461. The molecule has 2 aliphatic heterocycles. The van der Waals surface area contributed by atoms with Crippen LogP contribution in [0.2, 0.25) is 0 Å². The molecule has 0 spiro atoms. The zero-order valence-electron chi connectivity index (χ0n) is 16.5. The molecule has 0 aromatic carbocycles. The predicted molar refractivity (Wildman–Crippen MR) is 103 cm³/mol. The molecule has 0 unspecified atom stereocenters. The maximum absolute atomic E-state index is 13.1. The summed E-state index contributed by atoms with van der Waals surface area (Å²) in [6.07, 6.45) is -3.36. The minimum atomic E-state index is -4.62. The van der Waals surface area contributed by atoms with Gasteiger partial charge < -0.3 is 15.5 Å². The van der Waals surface area contributed by atoms with Crippen molar-refractivity contribution < 1.29 is 18.0 Å². The van der Waals surface area contributed by atoms with Gasteiger partial charge in [0.2, 0.25) is 5.91 Å². The summed E-state index contributed by atoms with van der Waals surface area (Å²) in [4.78, 5) is 16.7. The van der Waals surface area contributed by atoms with E-state index in [2.05, 4.69) is 30.8 Å². The number of carbonyl (C=O) groups excluding carboxylic acids is 1. The third-order valence-corrected chi connectivity index (χ3v) is 5.63. The summed E-state index contributed by atoms with van der Waals surface area (Å²) >= 11 is 0. The number of piperazine rings is 1. The summed E-state index contributed by atoms with van der Waals surface area (Å²) in [5.74, 6) is -0.761. The lowest BCUT2D eigenvalue weighted by molar-refractivity contribution is -0.146. The number of halogens is 3. The molecule has 4 rings (SSSR count). The van der Waals surface area contributed by atoms with Crippen LogP contribution in [0.1, 0.15) is 18.7 Å². The molecule has 0 saturated carbocycles. The Labute approximate surface area is 171 Å². The molecule has 2 aromatic rings. The van der Waals surface area contributed by atoms with Crippen molar-refractivity contribution in [1.29, 1.82) is 0 Å². The van der Waals surface area contributed by atoms with E-state index in [-0.39, 0.29) is 17.5 Å². The monoisotopic (exact) mass is 426 g/mol. The minimum absolute atomic E-state index is 0.0461. The Balaban J connectivity index is 1.30. The van der Waals surface area contributed by atoms with Gasteiger partial charge in [-0.2, -0.15) is 17.7 Å². The fraction of sp³-hybridized carbons (Fsp3) is 0.667. The van der Waals surface area contributed by atoms with Crippen LogP contribution in [-0.2, 0) is 11.0 Å². The second-order valence-corrected chi connectivity index (χ2v) is 7.63. The lowest BCUT2D eigenvalue weighted by atomic mass is 9.96. The number of hydrogen-bond donors (Lipinski definition) is 2. The number of nitrogens with zero attached hydrogens (tertiary/aromatic N) is 6. The molecule has 0 radical (unpaired) electrons. The van der Waals surface area contributed by atoms with Crippen LogP contribution >= 0.6 is 0 Å². The van der Waals surface area contributed by atoms with Gasteiger partial charge >= 0.3 is 6.18 Å². The third kappa shape index (κ3) is 4.64. The zero-order chi connectivity index (χ0) is 21.1. The molecule has 164 valence electrons. The van der Waals surface area contributed by atoms with Gasteiger partial charge in [0.05, 0.1) is 0 Å². The van der Waals surface area contributed by atoms with Crippen molar-refractivity contribution in [2.24, 2.45) is 5.92 Å². The maximum atomic E-state index is 13.1. The van der Waals surface area contributed by atoms with Crippen LogP contribution in [0.4, 0.5) is 19.0 Å². The first-order valence-corrected chi connectivity index (χ1v) is 10.2. The lowest BCUT2D eigenvalue weighted by Gasteiger charge is -2.32. The second kappa shape index (κ2) is 8.72. The van der Waals surface area contributed by atoms with E-state index < -0.39 is 12.0 Å². The van der Waals surface area contributed by atoms with Crippen molar-refractivity contribution in [2.75, 3.05) is 57.3 Å². The first-order chi connectivity index (χ1) is 14.4. The molecule has 2 aliphatic rings. The summed E-state index contributed by atoms with van der Waals surface area (Å²) in [5, 5.41) is 17.1. The highest BCUT2D eigenvalue weighted by Gasteiger charge is 2.38. The molecule has 2 N–H and O–H groups in total. The molecular formula is C18H25F3N8O. The van der Waals surface area contributed by atoms with Crippen LogP contribution in [0, 0.1) is 5.92 Å². The molecule has 1 amide bonds. The highest BCUT2D eigenvalue weighted by atomic mass is 19.4. The van der Waals surface area contributed by atoms with Gasteiger partial charge in [-0.1, -0.05) is 0 Å². The van der Waals surface area contributed by atoms with E-state index in [0.717, 1.165) is 37.2 Å². The van der Waals surface area contributed by atoms with Crippen LogP contribution in [0.3, 0.4) is 0 Å². The zero-order valence-corrected chi connectivity index (χ0v) is 16.5. The number of nitrogens with one attached hydrogen (secondary N) is 2. The Bertz CT molecular complexity index is 872. The molecule has 2 aromatic heterocycles. The van der Waals surface area contributed by atoms with E-state index in [1.165, 1.54) is 6.07 Å². The molecule has 2 fully saturated rings. The topological polar surface area (TPSA) is 90.7 Å². The van der Waals surface area contributed by atoms with Crippen molar-refractivity contribution in [2.45, 2.75) is 19.0 Å². The molecule has 4 heterocycles. The van der Waals surface area contributed by atoms with Crippen LogP contribution in [0.25, 0.3) is 5.65 Å². The smallest absolute Gasteiger partial charge is 0.355 e. The highest BCUT2D eigenvalue weighted by molar-refractivity contribution is 5.79. The fourth-order valence-electron chi connectivity index (χ4n) is 3.91. The number of hydrogen-bond acceptors (Lipinski definition) is 7. The SMILES string of the molecule is O=C(NCCN1CCNCC1)C1CCN(c2ccc3nnc(C(F)(F)F)n3n2)CC1. The average molecular weight is 426 g/mol. The molecule has 0 atom stereocenters.